The Balaban J connectivity index is 1.13. The van der Waals surface area contributed by atoms with Gasteiger partial charge in [-0.3, -0.25) is 4.57 Å². The van der Waals surface area contributed by atoms with E-state index in [0.29, 0.717) is 17.6 Å². The minimum Gasteiger partial charge on any atom is -0.455 e. The molecule has 3 heterocycles. The average Bonchev–Trinajstić information content (AvgIpc) is 3.74. The second-order valence-corrected chi connectivity index (χ2v) is 12.5. The summed E-state index contributed by atoms with van der Waals surface area (Å²) >= 11 is 0. The van der Waals surface area contributed by atoms with Crippen molar-refractivity contribution in [3.05, 3.63) is 170 Å². The van der Waals surface area contributed by atoms with Crippen molar-refractivity contribution in [1.29, 1.82) is 0 Å². The molecule has 7 aromatic carbocycles. The maximum Gasteiger partial charge on any atom is 0.238 e. The summed E-state index contributed by atoms with van der Waals surface area (Å²) in [6, 6.07) is 58.6. The van der Waals surface area contributed by atoms with Gasteiger partial charge in [-0.25, -0.2) is 4.98 Å². The number of nitrogens with zero attached hydrogens (tertiary/aromatic N) is 4. The van der Waals surface area contributed by atoms with Crippen molar-refractivity contribution in [1.82, 2.24) is 19.5 Å². The van der Waals surface area contributed by atoms with Crippen LogP contribution in [0.15, 0.2) is 174 Å². The Bertz CT molecular complexity index is 2800. The summed E-state index contributed by atoms with van der Waals surface area (Å²) in [5.41, 5.74) is 10.0. The molecule has 0 bridgehead atoms. The van der Waals surface area contributed by atoms with Crippen LogP contribution in [-0.4, -0.2) is 19.5 Å². The Labute approximate surface area is 287 Å². The van der Waals surface area contributed by atoms with Gasteiger partial charge in [0.1, 0.15) is 11.2 Å². The zero-order valence-electron chi connectivity index (χ0n) is 26.9. The van der Waals surface area contributed by atoms with Crippen LogP contribution in [0.1, 0.15) is 0 Å². The number of rotatable bonds is 5. The number of para-hydroxylation sites is 3. The predicted molar refractivity (Wildman–Crippen MR) is 203 cm³/mol. The van der Waals surface area contributed by atoms with Crippen molar-refractivity contribution >= 4 is 43.7 Å². The fourth-order valence-corrected chi connectivity index (χ4v) is 7.09. The van der Waals surface area contributed by atoms with Crippen LogP contribution in [0, 0.1) is 0 Å². The van der Waals surface area contributed by atoms with E-state index in [1.54, 1.807) is 0 Å². The van der Waals surface area contributed by atoms with E-state index < -0.39 is 0 Å². The molecule has 0 atom stereocenters. The van der Waals surface area contributed by atoms with Gasteiger partial charge in [-0.2, -0.15) is 9.97 Å². The van der Waals surface area contributed by atoms with Crippen molar-refractivity contribution in [2.75, 3.05) is 0 Å². The van der Waals surface area contributed by atoms with Crippen LogP contribution in [0.3, 0.4) is 0 Å². The minimum absolute atomic E-state index is 0.567. The Morgan fingerprint density at radius 3 is 1.62 bits per heavy atom. The van der Waals surface area contributed by atoms with Crippen molar-refractivity contribution in [3.63, 3.8) is 0 Å². The number of furan rings is 1. The molecule has 0 saturated heterocycles. The molecule has 0 aliphatic carbocycles. The first kappa shape index (κ1) is 28.2. The Hall–Kier alpha value is -6.85. The van der Waals surface area contributed by atoms with E-state index in [0.717, 1.165) is 66.0 Å². The van der Waals surface area contributed by atoms with Crippen molar-refractivity contribution < 1.29 is 4.42 Å². The lowest BCUT2D eigenvalue weighted by Gasteiger charge is -2.10. The second kappa shape index (κ2) is 11.4. The topological polar surface area (TPSA) is 56.7 Å². The third kappa shape index (κ3) is 4.60. The highest BCUT2D eigenvalue weighted by Gasteiger charge is 2.19. The summed E-state index contributed by atoms with van der Waals surface area (Å²) in [7, 11) is 0. The second-order valence-electron chi connectivity index (χ2n) is 12.5. The van der Waals surface area contributed by atoms with Gasteiger partial charge in [-0.15, -0.1) is 0 Å². The third-order valence-electron chi connectivity index (χ3n) is 9.50. The highest BCUT2D eigenvalue weighted by molar-refractivity contribution is 6.11. The van der Waals surface area contributed by atoms with Gasteiger partial charge in [-0.05, 0) is 41.0 Å². The molecule has 5 heteroatoms. The molecule has 0 fully saturated rings. The van der Waals surface area contributed by atoms with Crippen LogP contribution in [-0.2, 0) is 0 Å². The minimum atomic E-state index is 0.567. The number of hydrogen-bond acceptors (Lipinski definition) is 4. The Kier molecular flexibility index (Phi) is 6.42. The monoisotopic (exact) mass is 640 g/mol. The lowest BCUT2D eigenvalue weighted by Crippen LogP contribution is -2.06. The summed E-state index contributed by atoms with van der Waals surface area (Å²) < 4.78 is 8.81. The molecule has 0 spiro atoms. The predicted octanol–water partition coefficient (Wildman–Crippen LogP) is 11.5. The zero-order chi connectivity index (χ0) is 33.0. The molecule has 3 aromatic heterocycles. The maximum atomic E-state index is 6.67. The Morgan fingerprint density at radius 1 is 0.380 bits per heavy atom. The van der Waals surface area contributed by atoms with Crippen LogP contribution in [0.4, 0.5) is 0 Å². The van der Waals surface area contributed by atoms with E-state index in [1.165, 1.54) is 11.1 Å². The van der Waals surface area contributed by atoms with Crippen molar-refractivity contribution in [2.24, 2.45) is 0 Å². The summed E-state index contributed by atoms with van der Waals surface area (Å²) in [6.07, 6.45) is 0. The van der Waals surface area contributed by atoms with Gasteiger partial charge < -0.3 is 4.42 Å². The van der Waals surface area contributed by atoms with Gasteiger partial charge >= 0.3 is 0 Å². The van der Waals surface area contributed by atoms with Crippen molar-refractivity contribution in [3.8, 4) is 51.0 Å². The molecule has 234 valence electrons. The first-order chi connectivity index (χ1) is 24.8. The standard InChI is InChI=1S/C45H28N4O/c1-3-12-29(13-4-1)30-22-24-31(25-23-30)34-18-11-19-38-37-27-26-33(28-41(37)50-42(34)38)44-46-43(32-14-5-2-6-15-32)47-45(48-44)49-39-20-9-7-16-35(39)36-17-8-10-21-40(36)49/h1-28H. The smallest absolute Gasteiger partial charge is 0.238 e. The first-order valence-corrected chi connectivity index (χ1v) is 16.7. The van der Waals surface area contributed by atoms with E-state index >= 15 is 0 Å². The summed E-state index contributed by atoms with van der Waals surface area (Å²) in [5.74, 6) is 1.75. The third-order valence-corrected chi connectivity index (χ3v) is 9.50. The highest BCUT2D eigenvalue weighted by atomic mass is 16.3. The van der Waals surface area contributed by atoms with E-state index in [2.05, 4.69) is 138 Å². The summed E-state index contributed by atoms with van der Waals surface area (Å²) in [4.78, 5) is 15.2. The molecule has 0 N–H and O–H groups in total. The summed E-state index contributed by atoms with van der Waals surface area (Å²) in [6.45, 7) is 0. The van der Waals surface area contributed by atoms with Gasteiger partial charge in [0.15, 0.2) is 11.6 Å². The van der Waals surface area contributed by atoms with Gasteiger partial charge in [0.05, 0.1) is 11.0 Å². The quantitative estimate of drug-likeness (QED) is 0.188. The number of benzene rings is 7. The first-order valence-electron chi connectivity index (χ1n) is 16.7. The van der Waals surface area contributed by atoms with Gasteiger partial charge in [-0.1, -0.05) is 146 Å². The molecule has 0 aliphatic heterocycles. The fraction of sp³-hybridized carbons (Fsp3) is 0. The number of aromatic nitrogens is 4. The van der Waals surface area contributed by atoms with E-state index in [9.17, 15) is 0 Å². The number of fused-ring (bicyclic) bond motifs is 6. The molecule has 0 saturated carbocycles. The van der Waals surface area contributed by atoms with Crippen LogP contribution >= 0.6 is 0 Å². The van der Waals surface area contributed by atoms with Gasteiger partial charge in [0, 0.05) is 38.2 Å². The van der Waals surface area contributed by atoms with Crippen LogP contribution in [0.5, 0.6) is 0 Å². The van der Waals surface area contributed by atoms with Gasteiger partial charge in [0.2, 0.25) is 5.95 Å². The molecule has 0 unspecified atom stereocenters. The zero-order valence-corrected chi connectivity index (χ0v) is 26.9. The molecular weight excluding hydrogens is 613 g/mol. The van der Waals surface area contributed by atoms with Crippen LogP contribution in [0.2, 0.25) is 0 Å². The SMILES string of the molecule is c1ccc(-c2ccc(-c3cccc4c3oc3cc(-c5nc(-c6ccccc6)nc(-n6c7ccccc7c7ccccc76)n5)ccc34)cc2)cc1. The lowest BCUT2D eigenvalue weighted by molar-refractivity contribution is 0.670. The molecule has 0 aliphatic rings. The normalized spacial score (nSPS) is 11.6. The molecule has 50 heavy (non-hydrogen) atoms. The lowest BCUT2D eigenvalue weighted by atomic mass is 9.99. The average molecular weight is 641 g/mol. The van der Waals surface area contributed by atoms with E-state index in [1.807, 2.05) is 36.4 Å². The maximum absolute atomic E-state index is 6.67. The fourth-order valence-electron chi connectivity index (χ4n) is 7.09. The summed E-state index contributed by atoms with van der Waals surface area (Å²) in [5, 5.41) is 4.43. The van der Waals surface area contributed by atoms with Crippen LogP contribution in [0.25, 0.3) is 94.7 Å². The molecule has 5 nitrogen and oxygen atoms in total. The Morgan fingerprint density at radius 2 is 0.920 bits per heavy atom. The van der Waals surface area contributed by atoms with Gasteiger partial charge in [0.25, 0.3) is 0 Å². The highest BCUT2D eigenvalue weighted by Crippen LogP contribution is 2.38. The van der Waals surface area contributed by atoms with E-state index in [4.69, 9.17) is 19.4 Å². The molecule has 10 rings (SSSR count). The molecular formula is C45H28N4O. The van der Waals surface area contributed by atoms with E-state index in [-0.39, 0.29) is 0 Å². The molecule has 10 aromatic rings. The largest absolute Gasteiger partial charge is 0.455 e. The number of hydrogen-bond donors (Lipinski definition) is 0. The molecule has 0 radical (unpaired) electrons. The van der Waals surface area contributed by atoms with Crippen molar-refractivity contribution in [2.45, 2.75) is 0 Å². The molecule has 0 amide bonds. The van der Waals surface area contributed by atoms with Crippen LogP contribution < -0.4 is 0 Å².